The molecular formula is C14H24N4O2S. The summed E-state index contributed by atoms with van der Waals surface area (Å²) in [4.78, 5) is 5.77. The summed E-state index contributed by atoms with van der Waals surface area (Å²) in [7, 11) is -1.59. The van der Waals surface area contributed by atoms with Crippen LogP contribution in [0.4, 0.5) is 0 Å². The molecule has 2 aliphatic heterocycles. The molecule has 6 nitrogen and oxygen atoms in total. The second kappa shape index (κ2) is 6.08. The molecule has 1 aromatic rings. The predicted octanol–water partition coefficient (Wildman–Crippen LogP) is 0.639. The first-order valence-corrected chi connectivity index (χ1v) is 9.17. The van der Waals surface area contributed by atoms with Gasteiger partial charge < -0.3 is 10.3 Å². The van der Waals surface area contributed by atoms with Crippen molar-refractivity contribution in [2.75, 3.05) is 20.1 Å². The average molecular weight is 312 g/mol. The minimum Gasteiger partial charge on any atom is -0.363 e. The molecule has 3 heterocycles. The van der Waals surface area contributed by atoms with Crippen molar-refractivity contribution in [3.8, 4) is 0 Å². The Hall–Kier alpha value is -0.890. The molecule has 0 saturated carbocycles. The van der Waals surface area contributed by atoms with Gasteiger partial charge in [-0.15, -0.1) is 0 Å². The third kappa shape index (κ3) is 3.15. The van der Waals surface area contributed by atoms with Crippen molar-refractivity contribution in [1.29, 1.82) is 0 Å². The lowest BCUT2D eigenvalue weighted by Gasteiger charge is -2.32. The zero-order valence-electron chi connectivity index (χ0n) is 12.4. The second-order valence-corrected chi connectivity index (χ2v) is 7.72. The molecule has 0 aromatic carbocycles. The Morgan fingerprint density at radius 3 is 3.00 bits per heavy atom. The highest BCUT2D eigenvalue weighted by atomic mass is 32.2. The van der Waals surface area contributed by atoms with E-state index in [0.717, 1.165) is 31.6 Å². The first kappa shape index (κ1) is 15.0. The zero-order chi connectivity index (χ0) is 14.9. The Balaban J connectivity index is 1.70. The summed E-state index contributed by atoms with van der Waals surface area (Å²) in [5.74, 6) is 0. The first-order chi connectivity index (χ1) is 10.1. The number of H-pyrrole nitrogens is 1. The Morgan fingerprint density at radius 1 is 1.33 bits per heavy atom. The number of aromatic nitrogens is 1. The molecule has 118 valence electrons. The molecule has 3 N–H and O–H groups in total. The minimum absolute atomic E-state index is 0.0537. The van der Waals surface area contributed by atoms with E-state index in [1.165, 1.54) is 12.8 Å². The van der Waals surface area contributed by atoms with Gasteiger partial charge in [0.15, 0.2) is 0 Å². The first-order valence-electron chi connectivity index (χ1n) is 7.68. The molecule has 0 radical (unpaired) electrons. The predicted molar refractivity (Wildman–Crippen MR) is 81.5 cm³/mol. The van der Waals surface area contributed by atoms with Crippen LogP contribution in [-0.2, 0) is 16.6 Å². The van der Waals surface area contributed by atoms with Crippen molar-refractivity contribution >= 4 is 10.0 Å². The number of nitrogens with zero attached hydrogens (tertiary/aromatic N) is 1. The number of piperidine rings is 1. The fourth-order valence-electron chi connectivity index (χ4n) is 3.52. The van der Waals surface area contributed by atoms with Crippen molar-refractivity contribution in [3.05, 3.63) is 18.0 Å². The number of sulfonamides is 1. The standard InChI is InChI=1S/C14H24N4O2S/c1-15-9-11-8-12(10-16-11)21(19,20)17-13-5-7-18-6-3-2-4-14(13)18/h8,10,13-17H,2-7,9H2,1H3. The van der Waals surface area contributed by atoms with Gasteiger partial charge >= 0.3 is 0 Å². The van der Waals surface area contributed by atoms with Gasteiger partial charge in [0.2, 0.25) is 10.0 Å². The van der Waals surface area contributed by atoms with E-state index in [4.69, 9.17) is 0 Å². The van der Waals surface area contributed by atoms with E-state index < -0.39 is 10.0 Å². The van der Waals surface area contributed by atoms with Gasteiger partial charge in [0, 0.05) is 37.1 Å². The van der Waals surface area contributed by atoms with Gasteiger partial charge in [0.25, 0.3) is 0 Å². The lowest BCUT2D eigenvalue weighted by Crippen LogP contribution is -2.46. The lowest BCUT2D eigenvalue weighted by atomic mass is 10.00. The van der Waals surface area contributed by atoms with Crippen LogP contribution in [-0.4, -0.2) is 50.5 Å². The van der Waals surface area contributed by atoms with Crippen LogP contribution < -0.4 is 10.0 Å². The monoisotopic (exact) mass is 312 g/mol. The highest BCUT2D eigenvalue weighted by molar-refractivity contribution is 7.89. The molecule has 21 heavy (non-hydrogen) atoms. The summed E-state index contributed by atoms with van der Waals surface area (Å²) < 4.78 is 27.9. The largest absolute Gasteiger partial charge is 0.363 e. The molecule has 2 unspecified atom stereocenters. The van der Waals surface area contributed by atoms with Crippen molar-refractivity contribution in [1.82, 2.24) is 19.9 Å². The van der Waals surface area contributed by atoms with Crippen LogP contribution in [0.15, 0.2) is 17.2 Å². The van der Waals surface area contributed by atoms with Gasteiger partial charge in [0.05, 0.1) is 4.90 Å². The normalized spacial score (nSPS) is 26.9. The van der Waals surface area contributed by atoms with Crippen LogP contribution in [0, 0.1) is 0 Å². The van der Waals surface area contributed by atoms with Crippen LogP contribution in [0.3, 0.4) is 0 Å². The molecule has 0 aliphatic carbocycles. The third-order valence-corrected chi connectivity index (χ3v) is 6.03. The summed E-state index contributed by atoms with van der Waals surface area (Å²) in [5.41, 5.74) is 0.878. The number of hydrogen-bond donors (Lipinski definition) is 3. The number of aromatic amines is 1. The summed E-state index contributed by atoms with van der Waals surface area (Å²) >= 11 is 0. The van der Waals surface area contributed by atoms with Crippen molar-refractivity contribution in [2.45, 2.75) is 49.2 Å². The molecule has 2 aliphatic rings. The van der Waals surface area contributed by atoms with Crippen LogP contribution in [0.5, 0.6) is 0 Å². The molecule has 2 fully saturated rings. The highest BCUT2D eigenvalue weighted by Gasteiger charge is 2.37. The molecule has 0 spiro atoms. The Kier molecular flexibility index (Phi) is 4.35. The summed E-state index contributed by atoms with van der Waals surface area (Å²) in [5, 5.41) is 3.01. The van der Waals surface area contributed by atoms with Crippen LogP contribution in [0.25, 0.3) is 0 Å². The molecule has 0 amide bonds. The zero-order valence-corrected chi connectivity index (χ0v) is 13.2. The van der Waals surface area contributed by atoms with E-state index in [-0.39, 0.29) is 6.04 Å². The number of rotatable bonds is 5. The number of fused-ring (bicyclic) bond motifs is 1. The topological polar surface area (TPSA) is 77.2 Å². The molecule has 2 saturated heterocycles. The van der Waals surface area contributed by atoms with Gasteiger partial charge in [0.1, 0.15) is 0 Å². The Labute approximate surface area is 126 Å². The van der Waals surface area contributed by atoms with Crippen molar-refractivity contribution in [2.24, 2.45) is 0 Å². The summed E-state index contributed by atoms with van der Waals surface area (Å²) in [6.07, 6.45) is 6.03. The molecule has 2 atom stereocenters. The maximum absolute atomic E-state index is 12.5. The Bertz CT molecular complexity index is 584. The van der Waals surface area contributed by atoms with Crippen molar-refractivity contribution < 1.29 is 8.42 Å². The Morgan fingerprint density at radius 2 is 2.19 bits per heavy atom. The second-order valence-electron chi connectivity index (χ2n) is 6.01. The van der Waals surface area contributed by atoms with Gasteiger partial charge in [-0.25, -0.2) is 13.1 Å². The minimum atomic E-state index is -3.43. The van der Waals surface area contributed by atoms with Crippen LogP contribution >= 0.6 is 0 Å². The fraction of sp³-hybridized carbons (Fsp3) is 0.714. The smallest absolute Gasteiger partial charge is 0.242 e. The summed E-state index contributed by atoms with van der Waals surface area (Å²) in [6.45, 7) is 2.75. The van der Waals surface area contributed by atoms with E-state index in [1.807, 2.05) is 7.05 Å². The van der Waals surface area contributed by atoms with Gasteiger partial charge in [-0.2, -0.15) is 0 Å². The molecule has 7 heteroatoms. The molecule has 3 rings (SSSR count). The van der Waals surface area contributed by atoms with Gasteiger partial charge in [-0.1, -0.05) is 6.42 Å². The van der Waals surface area contributed by atoms with E-state index >= 15 is 0 Å². The maximum atomic E-state index is 12.5. The highest BCUT2D eigenvalue weighted by Crippen LogP contribution is 2.28. The molecule has 0 bridgehead atoms. The fourth-order valence-corrected chi connectivity index (χ4v) is 4.84. The number of nitrogens with one attached hydrogen (secondary N) is 3. The molecule has 1 aromatic heterocycles. The lowest BCUT2D eigenvalue weighted by molar-refractivity contribution is 0.186. The summed E-state index contributed by atoms with van der Waals surface area (Å²) in [6, 6.07) is 2.13. The van der Waals surface area contributed by atoms with Crippen LogP contribution in [0.2, 0.25) is 0 Å². The number of hydrogen-bond acceptors (Lipinski definition) is 4. The third-order valence-electron chi connectivity index (χ3n) is 4.56. The average Bonchev–Trinajstić information content (AvgIpc) is 3.07. The van der Waals surface area contributed by atoms with E-state index in [1.54, 1.807) is 12.3 Å². The van der Waals surface area contributed by atoms with Gasteiger partial charge in [-0.05, 0) is 38.9 Å². The SMILES string of the molecule is CNCc1cc(S(=O)(=O)NC2CCN3CCCCC23)c[nH]1. The van der Waals surface area contributed by atoms with E-state index in [9.17, 15) is 8.42 Å². The molecular weight excluding hydrogens is 288 g/mol. The quantitative estimate of drug-likeness (QED) is 0.746. The van der Waals surface area contributed by atoms with E-state index in [0.29, 0.717) is 17.5 Å². The van der Waals surface area contributed by atoms with E-state index in [2.05, 4.69) is 19.9 Å². The van der Waals surface area contributed by atoms with Crippen molar-refractivity contribution in [3.63, 3.8) is 0 Å². The maximum Gasteiger partial charge on any atom is 0.242 e. The van der Waals surface area contributed by atoms with Gasteiger partial charge in [-0.3, -0.25) is 4.90 Å². The van der Waals surface area contributed by atoms with Crippen LogP contribution in [0.1, 0.15) is 31.4 Å².